The Labute approximate surface area is 171 Å². The summed E-state index contributed by atoms with van der Waals surface area (Å²) in [6, 6.07) is 9.39. The highest BCUT2D eigenvalue weighted by Crippen LogP contribution is 2.31. The van der Waals surface area contributed by atoms with Gasteiger partial charge < -0.3 is 9.64 Å². The third kappa shape index (κ3) is 4.76. The zero-order chi connectivity index (χ0) is 20.9. The first-order chi connectivity index (χ1) is 13.9. The summed E-state index contributed by atoms with van der Waals surface area (Å²) in [6.45, 7) is 0.689. The number of carbonyl (C=O) groups excluding carboxylic acids is 2. The molecular formula is C21H24N2O5S. The number of amides is 2. The summed E-state index contributed by atoms with van der Waals surface area (Å²) in [7, 11) is -2.17. The summed E-state index contributed by atoms with van der Waals surface area (Å²) >= 11 is 0. The van der Waals surface area contributed by atoms with Gasteiger partial charge in [-0.25, -0.2) is 17.5 Å². The molecule has 1 aliphatic heterocycles. The quantitative estimate of drug-likeness (QED) is 0.638. The predicted octanol–water partition coefficient (Wildman–Crippen LogP) is 2.98. The molecule has 0 N–H and O–H groups in total. The molecule has 0 saturated heterocycles. The van der Waals surface area contributed by atoms with Gasteiger partial charge in [0.1, 0.15) is 11.5 Å². The smallest absolute Gasteiger partial charge is 0.409 e. The predicted molar refractivity (Wildman–Crippen MR) is 109 cm³/mol. The van der Waals surface area contributed by atoms with Gasteiger partial charge in [-0.05, 0) is 30.9 Å². The maximum atomic E-state index is 12.6. The van der Waals surface area contributed by atoms with Crippen LogP contribution in [0.4, 0.5) is 4.79 Å². The fraction of sp³-hybridized carbons (Fsp3) is 0.333. The second kappa shape index (κ2) is 9.09. The molecule has 0 saturated carbocycles. The molecule has 154 valence electrons. The van der Waals surface area contributed by atoms with Crippen molar-refractivity contribution < 1.29 is 22.7 Å². The van der Waals surface area contributed by atoms with E-state index in [0.717, 1.165) is 9.87 Å². The van der Waals surface area contributed by atoms with Gasteiger partial charge in [0.05, 0.1) is 5.57 Å². The average Bonchev–Trinajstić information content (AvgIpc) is 2.90. The average molecular weight is 416 g/mol. The second-order valence-corrected chi connectivity index (χ2v) is 8.70. The van der Waals surface area contributed by atoms with Gasteiger partial charge in [-0.3, -0.25) is 4.79 Å². The summed E-state index contributed by atoms with van der Waals surface area (Å²) in [5.41, 5.74) is 1.13. The Balaban J connectivity index is 1.45. The number of rotatable bonds is 7. The molecule has 1 aromatic carbocycles. The standard InChI is InChI=1S/C21H24N2O5S/c1-22(21(25)28-16-17-10-4-2-5-11-17)14-8-9-15-23-20(24)18-12-6-3-7-13-19(18)29(23,26)27/h2,4-7,10-13H,3,8-9,14-16H2,1H3. The molecule has 1 aromatic rings. The largest absolute Gasteiger partial charge is 0.445 e. The minimum absolute atomic E-state index is 0.0675. The molecule has 0 radical (unpaired) electrons. The highest BCUT2D eigenvalue weighted by Gasteiger charge is 2.41. The Bertz CT molecular complexity index is 964. The lowest BCUT2D eigenvalue weighted by atomic mass is 10.2. The molecule has 0 spiro atoms. The molecule has 2 aliphatic rings. The number of nitrogens with zero attached hydrogens (tertiary/aromatic N) is 2. The Morgan fingerprint density at radius 2 is 1.86 bits per heavy atom. The Morgan fingerprint density at radius 1 is 1.14 bits per heavy atom. The van der Waals surface area contributed by atoms with Gasteiger partial charge in [-0.2, -0.15) is 0 Å². The van der Waals surface area contributed by atoms with E-state index in [4.69, 9.17) is 4.74 Å². The number of carbonyl (C=O) groups is 2. The monoisotopic (exact) mass is 416 g/mol. The zero-order valence-corrected chi connectivity index (χ0v) is 17.1. The van der Waals surface area contributed by atoms with E-state index < -0.39 is 22.0 Å². The highest BCUT2D eigenvalue weighted by molar-refractivity contribution is 7.94. The van der Waals surface area contributed by atoms with Crippen LogP contribution in [-0.2, 0) is 26.2 Å². The Kier molecular flexibility index (Phi) is 6.53. The van der Waals surface area contributed by atoms with Crippen LogP contribution in [0.15, 0.2) is 65.1 Å². The summed E-state index contributed by atoms with van der Waals surface area (Å²) in [5, 5.41) is 0. The highest BCUT2D eigenvalue weighted by atomic mass is 32.2. The maximum absolute atomic E-state index is 12.6. The first-order valence-corrected chi connectivity index (χ1v) is 10.9. The minimum Gasteiger partial charge on any atom is -0.445 e. The molecule has 1 heterocycles. The molecular weight excluding hydrogens is 392 g/mol. The SMILES string of the molecule is CN(CCCCN1C(=O)C2=C(C=CCC=C2)S1(=O)=O)C(=O)OCc1ccccc1. The van der Waals surface area contributed by atoms with Crippen molar-refractivity contribution in [3.63, 3.8) is 0 Å². The van der Waals surface area contributed by atoms with Gasteiger partial charge in [0.2, 0.25) is 0 Å². The van der Waals surface area contributed by atoms with Gasteiger partial charge in [0.25, 0.3) is 15.9 Å². The normalized spacial score (nSPS) is 17.3. The number of hydrogen-bond donors (Lipinski definition) is 0. The first-order valence-electron chi connectivity index (χ1n) is 9.47. The third-order valence-corrected chi connectivity index (χ3v) is 6.58. The van der Waals surface area contributed by atoms with Crippen molar-refractivity contribution in [2.24, 2.45) is 0 Å². The summed E-state index contributed by atoms with van der Waals surface area (Å²) in [4.78, 5) is 26.0. The molecule has 1 aliphatic carbocycles. The van der Waals surface area contributed by atoms with Crippen molar-refractivity contribution in [3.8, 4) is 0 Å². The lowest BCUT2D eigenvalue weighted by Crippen LogP contribution is -2.33. The molecule has 2 amide bonds. The van der Waals surface area contributed by atoms with Crippen LogP contribution in [0.5, 0.6) is 0 Å². The van der Waals surface area contributed by atoms with Gasteiger partial charge in [-0.1, -0.05) is 48.6 Å². The molecule has 7 nitrogen and oxygen atoms in total. The number of hydrogen-bond acceptors (Lipinski definition) is 5. The van der Waals surface area contributed by atoms with Crippen LogP contribution in [0.25, 0.3) is 0 Å². The van der Waals surface area contributed by atoms with E-state index in [0.29, 0.717) is 25.8 Å². The van der Waals surface area contributed by atoms with Crippen molar-refractivity contribution in [3.05, 3.63) is 70.7 Å². The van der Waals surface area contributed by atoms with E-state index in [2.05, 4.69) is 0 Å². The number of unbranched alkanes of at least 4 members (excludes halogenated alkanes) is 1. The van der Waals surface area contributed by atoms with E-state index in [1.165, 1.54) is 11.0 Å². The fourth-order valence-electron chi connectivity index (χ4n) is 3.12. The van der Waals surface area contributed by atoms with Crippen molar-refractivity contribution in [1.82, 2.24) is 9.21 Å². The van der Waals surface area contributed by atoms with E-state index >= 15 is 0 Å². The van der Waals surface area contributed by atoms with Crippen LogP contribution in [0, 0.1) is 0 Å². The number of benzene rings is 1. The molecule has 0 fully saturated rings. The first kappa shape index (κ1) is 20.9. The lowest BCUT2D eigenvalue weighted by molar-refractivity contribution is -0.121. The molecule has 29 heavy (non-hydrogen) atoms. The van der Waals surface area contributed by atoms with Crippen molar-refractivity contribution >= 4 is 22.0 Å². The minimum atomic E-state index is -3.80. The zero-order valence-electron chi connectivity index (χ0n) is 16.3. The molecule has 0 atom stereocenters. The topological polar surface area (TPSA) is 84.0 Å². The van der Waals surface area contributed by atoms with E-state index in [1.54, 1.807) is 25.3 Å². The Morgan fingerprint density at radius 3 is 2.62 bits per heavy atom. The maximum Gasteiger partial charge on any atom is 0.409 e. The van der Waals surface area contributed by atoms with Gasteiger partial charge in [0.15, 0.2) is 0 Å². The van der Waals surface area contributed by atoms with Crippen LogP contribution in [0.2, 0.25) is 0 Å². The van der Waals surface area contributed by atoms with Gasteiger partial charge in [-0.15, -0.1) is 0 Å². The van der Waals surface area contributed by atoms with Crippen molar-refractivity contribution in [2.75, 3.05) is 20.1 Å². The third-order valence-electron chi connectivity index (χ3n) is 4.74. The van der Waals surface area contributed by atoms with Crippen molar-refractivity contribution in [2.45, 2.75) is 25.9 Å². The van der Waals surface area contributed by atoms with Crippen LogP contribution in [0.3, 0.4) is 0 Å². The van der Waals surface area contributed by atoms with Crippen LogP contribution in [0.1, 0.15) is 24.8 Å². The van der Waals surface area contributed by atoms with Gasteiger partial charge in [0, 0.05) is 20.1 Å². The number of sulfonamides is 1. The van der Waals surface area contributed by atoms with Gasteiger partial charge >= 0.3 is 6.09 Å². The summed E-state index contributed by atoms with van der Waals surface area (Å²) < 4.78 is 31.4. The summed E-state index contributed by atoms with van der Waals surface area (Å²) in [5.74, 6) is -0.488. The molecule has 3 rings (SSSR count). The Hall–Kier alpha value is -2.87. The molecule has 8 heteroatoms. The van der Waals surface area contributed by atoms with E-state index in [9.17, 15) is 18.0 Å². The van der Waals surface area contributed by atoms with E-state index in [-0.39, 0.29) is 23.6 Å². The summed E-state index contributed by atoms with van der Waals surface area (Å²) in [6.07, 6.45) is 7.73. The van der Waals surface area contributed by atoms with Crippen LogP contribution in [-0.4, -0.2) is 49.8 Å². The van der Waals surface area contributed by atoms with Crippen molar-refractivity contribution in [1.29, 1.82) is 0 Å². The second-order valence-electron chi connectivity index (χ2n) is 6.87. The fourth-order valence-corrected chi connectivity index (χ4v) is 4.75. The van der Waals surface area contributed by atoms with Crippen LogP contribution >= 0.6 is 0 Å². The van der Waals surface area contributed by atoms with E-state index in [1.807, 2.05) is 30.3 Å². The molecule has 0 bridgehead atoms. The molecule has 0 aromatic heterocycles. The number of ether oxygens (including phenoxy) is 1. The van der Waals surface area contributed by atoms with Crippen LogP contribution < -0.4 is 0 Å². The molecule has 0 unspecified atom stereocenters. The lowest BCUT2D eigenvalue weighted by Gasteiger charge is -2.19. The number of allylic oxidation sites excluding steroid dienone is 3.